The number of rotatable bonds is 4. The molecule has 3 heterocycles. The second-order valence-corrected chi connectivity index (χ2v) is 8.31. The van der Waals surface area contributed by atoms with Gasteiger partial charge in [-0.2, -0.15) is 0 Å². The molecule has 260 valence electrons. The van der Waals surface area contributed by atoms with Crippen LogP contribution in [0, 0.1) is 0 Å². The van der Waals surface area contributed by atoms with Crippen LogP contribution in [-0.2, 0) is 22.5 Å². The standard InChI is InChI=1S/C14H13BO2.C13H12BNO2.6C2H6.CH4/c1-15-14-8-7-13(9-11(14)10-16-15)17-12-5-3-2-4-6-12;1-14-12-6-5-11(8-10(12)9-16-14)17-13-4-2-3-7-15-13;6*1-2;/h2-9H,10H2,1H3;2-8H,9H2,1H3;6*1-2H3;1H4. The Morgan fingerprint density at radius 1 is 0.511 bits per heavy atom. The average Bonchev–Trinajstić information content (AvgIpc) is 3.72. The van der Waals surface area contributed by atoms with E-state index in [1.165, 1.54) is 22.1 Å². The van der Waals surface area contributed by atoms with Crippen LogP contribution in [0.15, 0.2) is 91.1 Å². The summed E-state index contributed by atoms with van der Waals surface area (Å²) in [6.45, 7) is 29.9. The number of benzene rings is 3. The van der Waals surface area contributed by atoms with E-state index in [9.17, 15) is 0 Å². The highest BCUT2D eigenvalue weighted by molar-refractivity contribution is 6.67. The van der Waals surface area contributed by atoms with Gasteiger partial charge in [0.25, 0.3) is 0 Å². The van der Waals surface area contributed by atoms with Gasteiger partial charge in [-0.15, -0.1) is 0 Å². The van der Waals surface area contributed by atoms with E-state index in [0.717, 1.165) is 17.2 Å². The first-order valence-corrected chi connectivity index (χ1v) is 17.5. The first kappa shape index (κ1) is 47.9. The topological polar surface area (TPSA) is 49.8 Å². The lowest BCUT2D eigenvalue weighted by Crippen LogP contribution is -2.23. The van der Waals surface area contributed by atoms with Crippen LogP contribution in [0.4, 0.5) is 0 Å². The lowest BCUT2D eigenvalue weighted by molar-refractivity contribution is 0.333. The van der Waals surface area contributed by atoms with Gasteiger partial charge in [0.2, 0.25) is 5.88 Å². The minimum Gasteiger partial charge on any atom is -0.457 e. The number of nitrogens with zero attached hydrogens (tertiary/aromatic N) is 1. The van der Waals surface area contributed by atoms with Crippen LogP contribution in [0.5, 0.6) is 23.1 Å². The summed E-state index contributed by atoms with van der Waals surface area (Å²) in [5.74, 6) is 3.15. The van der Waals surface area contributed by atoms with Gasteiger partial charge in [0.05, 0.1) is 13.2 Å². The molecule has 1 aromatic heterocycles. The van der Waals surface area contributed by atoms with Crippen LogP contribution < -0.4 is 20.4 Å². The fourth-order valence-electron chi connectivity index (χ4n) is 4.10. The number of fused-ring (bicyclic) bond motifs is 2. The van der Waals surface area contributed by atoms with E-state index in [4.69, 9.17) is 18.8 Å². The molecule has 0 fully saturated rings. The maximum atomic E-state index is 5.78. The average molecular weight is 646 g/mol. The highest BCUT2D eigenvalue weighted by atomic mass is 16.5. The SMILES string of the molecule is C.CB1OCc2cc(Oc3ccccc3)ccc21.CB1OCc2cc(Oc3ccccn3)ccc21.CC.CC.CC.CC.CC.CC. The zero-order valence-electron chi connectivity index (χ0n) is 31.3. The number of hydrogen-bond donors (Lipinski definition) is 0. The van der Waals surface area contributed by atoms with Crippen molar-refractivity contribution in [1.82, 2.24) is 4.98 Å². The van der Waals surface area contributed by atoms with Crippen LogP contribution in [0.1, 0.15) is 102 Å². The van der Waals surface area contributed by atoms with E-state index in [1.54, 1.807) is 6.20 Å². The Hall–Kier alpha value is -3.54. The molecule has 0 bridgehead atoms. The Balaban J connectivity index is -0.000000616. The molecule has 7 heteroatoms. The molecule has 0 amide bonds. The highest BCUT2D eigenvalue weighted by Gasteiger charge is 2.24. The summed E-state index contributed by atoms with van der Waals surface area (Å²) in [5, 5.41) is 0. The molecule has 0 atom stereocenters. The molecule has 6 rings (SSSR count). The van der Waals surface area contributed by atoms with Gasteiger partial charge in [-0.3, -0.25) is 0 Å². The van der Waals surface area contributed by atoms with Gasteiger partial charge < -0.3 is 18.8 Å². The van der Waals surface area contributed by atoms with E-state index in [1.807, 2.05) is 150 Å². The summed E-state index contributed by atoms with van der Waals surface area (Å²) in [7, 11) is 0. The Morgan fingerprint density at radius 2 is 0.936 bits per heavy atom. The third-order valence-corrected chi connectivity index (χ3v) is 5.92. The zero-order valence-corrected chi connectivity index (χ0v) is 31.3. The number of hydrogen-bond acceptors (Lipinski definition) is 5. The van der Waals surface area contributed by atoms with Crippen molar-refractivity contribution in [2.24, 2.45) is 0 Å². The van der Waals surface area contributed by atoms with E-state index in [0.29, 0.717) is 19.1 Å². The molecule has 47 heavy (non-hydrogen) atoms. The molecule has 0 aliphatic carbocycles. The number of pyridine rings is 1. The predicted octanol–water partition coefficient (Wildman–Crippen LogP) is 11.9. The first-order valence-electron chi connectivity index (χ1n) is 17.5. The number of para-hydroxylation sites is 1. The molecule has 0 radical (unpaired) electrons. The fourth-order valence-corrected chi connectivity index (χ4v) is 4.10. The Morgan fingerprint density at radius 3 is 1.36 bits per heavy atom. The van der Waals surface area contributed by atoms with E-state index >= 15 is 0 Å². The second-order valence-electron chi connectivity index (χ2n) is 8.31. The van der Waals surface area contributed by atoms with Crippen LogP contribution in [0.3, 0.4) is 0 Å². The summed E-state index contributed by atoms with van der Waals surface area (Å²) in [4.78, 5) is 4.13. The molecule has 0 saturated heterocycles. The highest BCUT2D eigenvalue weighted by Crippen LogP contribution is 2.24. The molecule has 4 aromatic rings. The molecule has 0 N–H and O–H groups in total. The van der Waals surface area contributed by atoms with Gasteiger partial charge in [0.15, 0.2) is 0 Å². The Kier molecular flexibility index (Phi) is 31.6. The van der Waals surface area contributed by atoms with Crippen LogP contribution in [0.2, 0.25) is 13.6 Å². The van der Waals surface area contributed by atoms with E-state index in [-0.39, 0.29) is 21.3 Å². The van der Waals surface area contributed by atoms with Gasteiger partial charge in [-0.05, 0) is 64.5 Å². The van der Waals surface area contributed by atoms with Crippen molar-refractivity contribution in [3.05, 3.63) is 102 Å². The van der Waals surface area contributed by atoms with Gasteiger partial charge in [0, 0.05) is 12.3 Å². The fraction of sp³-hybridized carbons (Fsp3) is 0.425. The minimum atomic E-state index is 0. The van der Waals surface area contributed by atoms with Gasteiger partial charge in [0.1, 0.15) is 17.2 Å². The molecule has 2 aliphatic heterocycles. The van der Waals surface area contributed by atoms with Gasteiger partial charge >= 0.3 is 13.8 Å². The number of aromatic nitrogens is 1. The Labute approximate surface area is 290 Å². The predicted molar refractivity (Wildman–Crippen MR) is 211 cm³/mol. The normalized spacial score (nSPS) is 10.6. The molecular weight excluding hydrogens is 580 g/mol. The summed E-state index contributed by atoms with van der Waals surface area (Å²) < 4.78 is 22.6. The first-order chi connectivity index (χ1) is 22.7. The third-order valence-electron chi connectivity index (χ3n) is 5.92. The zero-order chi connectivity index (χ0) is 35.3. The van der Waals surface area contributed by atoms with Crippen LogP contribution in [-0.4, -0.2) is 18.8 Å². The van der Waals surface area contributed by atoms with Gasteiger partial charge in [-0.1, -0.05) is 141 Å². The lowest BCUT2D eigenvalue weighted by atomic mass is 9.64. The van der Waals surface area contributed by atoms with Crippen molar-refractivity contribution in [3.8, 4) is 23.1 Å². The summed E-state index contributed by atoms with van der Waals surface area (Å²) in [6, 6.07) is 27.6. The largest absolute Gasteiger partial charge is 0.457 e. The maximum absolute atomic E-state index is 5.78. The van der Waals surface area contributed by atoms with E-state index in [2.05, 4.69) is 36.8 Å². The molecule has 3 aromatic carbocycles. The minimum absolute atomic E-state index is 0. The van der Waals surface area contributed by atoms with Crippen LogP contribution in [0.25, 0.3) is 0 Å². The summed E-state index contributed by atoms with van der Waals surface area (Å²) in [5.41, 5.74) is 4.95. The quantitative estimate of drug-likeness (QED) is 0.207. The van der Waals surface area contributed by atoms with Crippen molar-refractivity contribution in [1.29, 1.82) is 0 Å². The molecule has 0 spiro atoms. The smallest absolute Gasteiger partial charge is 0.324 e. The molecule has 2 aliphatic rings. The third kappa shape index (κ3) is 16.7. The summed E-state index contributed by atoms with van der Waals surface area (Å²) >= 11 is 0. The van der Waals surface area contributed by atoms with E-state index < -0.39 is 0 Å². The van der Waals surface area contributed by atoms with Crippen LogP contribution >= 0.6 is 0 Å². The molecule has 5 nitrogen and oxygen atoms in total. The van der Waals surface area contributed by atoms with Crippen molar-refractivity contribution >= 4 is 24.8 Å². The van der Waals surface area contributed by atoms with Crippen molar-refractivity contribution < 1.29 is 18.8 Å². The monoisotopic (exact) mass is 646 g/mol. The summed E-state index contributed by atoms with van der Waals surface area (Å²) in [6.07, 6.45) is 1.72. The van der Waals surface area contributed by atoms with Crippen molar-refractivity contribution in [2.75, 3.05) is 0 Å². The lowest BCUT2D eigenvalue weighted by Gasteiger charge is -2.07. The van der Waals surface area contributed by atoms with Crippen molar-refractivity contribution in [3.63, 3.8) is 0 Å². The molecule has 0 saturated carbocycles. The maximum Gasteiger partial charge on any atom is 0.324 e. The van der Waals surface area contributed by atoms with Crippen molar-refractivity contribution in [2.45, 2.75) is 117 Å². The molecular formula is C40H65B2NO4. The van der Waals surface area contributed by atoms with Gasteiger partial charge in [-0.25, -0.2) is 4.98 Å². The second kappa shape index (κ2) is 31.1. The molecule has 0 unspecified atom stereocenters. The Bertz CT molecular complexity index is 1160. The number of ether oxygens (including phenoxy) is 2.